The van der Waals surface area contributed by atoms with Crippen LogP contribution in [-0.4, -0.2) is 55.7 Å². The predicted molar refractivity (Wildman–Crippen MR) is 94.3 cm³/mol. The molecule has 25 heavy (non-hydrogen) atoms. The van der Waals surface area contributed by atoms with E-state index in [0.29, 0.717) is 31.9 Å². The van der Waals surface area contributed by atoms with Crippen molar-refractivity contribution in [2.45, 2.75) is 6.42 Å². The Morgan fingerprint density at radius 3 is 2.68 bits per heavy atom. The molecule has 1 aromatic heterocycles. The van der Waals surface area contributed by atoms with E-state index in [2.05, 4.69) is 9.88 Å². The minimum absolute atomic E-state index is 0.114. The SMILES string of the molecule is CN(CCc1ccc(F)cc1)C(=O)c1cc(N2CCOCC2)ccn1. The third-order valence-electron chi connectivity index (χ3n) is 4.33. The Balaban J connectivity index is 1.62. The Morgan fingerprint density at radius 2 is 1.96 bits per heavy atom. The normalized spacial score (nSPS) is 14.4. The molecule has 3 rings (SSSR count). The first kappa shape index (κ1) is 17.4. The van der Waals surface area contributed by atoms with E-state index < -0.39 is 0 Å². The molecular weight excluding hydrogens is 321 g/mol. The number of likely N-dealkylation sites (N-methyl/N-ethyl adjacent to an activating group) is 1. The zero-order valence-electron chi connectivity index (χ0n) is 14.3. The molecule has 6 heteroatoms. The maximum atomic E-state index is 12.9. The van der Waals surface area contributed by atoms with Gasteiger partial charge in [0, 0.05) is 38.6 Å². The molecule has 0 bridgehead atoms. The molecule has 1 aromatic carbocycles. The number of rotatable bonds is 5. The summed E-state index contributed by atoms with van der Waals surface area (Å²) in [6, 6.07) is 10.1. The van der Waals surface area contributed by atoms with Crippen LogP contribution in [0.2, 0.25) is 0 Å². The van der Waals surface area contributed by atoms with Crippen molar-refractivity contribution >= 4 is 11.6 Å². The van der Waals surface area contributed by atoms with Crippen LogP contribution >= 0.6 is 0 Å². The molecule has 0 radical (unpaired) electrons. The van der Waals surface area contributed by atoms with Gasteiger partial charge in [-0.3, -0.25) is 9.78 Å². The first-order valence-corrected chi connectivity index (χ1v) is 8.42. The quantitative estimate of drug-likeness (QED) is 0.836. The first-order valence-electron chi connectivity index (χ1n) is 8.42. The molecule has 1 fully saturated rings. The van der Waals surface area contributed by atoms with Gasteiger partial charge in [0.2, 0.25) is 0 Å². The molecule has 0 saturated carbocycles. The molecule has 2 heterocycles. The van der Waals surface area contributed by atoms with Gasteiger partial charge in [0.15, 0.2) is 0 Å². The first-order chi connectivity index (χ1) is 12.1. The molecule has 1 saturated heterocycles. The number of hydrogen-bond donors (Lipinski definition) is 0. The van der Waals surface area contributed by atoms with Gasteiger partial charge in [-0.05, 0) is 36.2 Å². The second-order valence-corrected chi connectivity index (χ2v) is 6.10. The Bertz CT molecular complexity index is 715. The summed E-state index contributed by atoms with van der Waals surface area (Å²) in [6.45, 7) is 3.58. The summed E-state index contributed by atoms with van der Waals surface area (Å²) in [6.07, 6.45) is 2.34. The maximum Gasteiger partial charge on any atom is 0.272 e. The van der Waals surface area contributed by atoms with Crippen molar-refractivity contribution in [2.75, 3.05) is 44.8 Å². The third kappa shape index (κ3) is 4.54. The van der Waals surface area contributed by atoms with Crippen molar-refractivity contribution in [1.29, 1.82) is 0 Å². The van der Waals surface area contributed by atoms with E-state index in [0.717, 1.165) is 24.3 Å². The molecule has 1 aliphatic rings. The highest BCUT2D eigenvalue weighted by atomic mass is 19.1. The number of carbonyl (C=O) groups is 1. The highest BCUT2D eigenvalue weighted by Gasteiger charge is 2.16. The number of aromatic nitrogens is 1. The molecule has 0 N–H and O–H groups in total. The van der Waals surface area contributed by atoms with E-state index >= 15 is 0 Å². The maximum absolute atomic E-state index is 12.9. The molecule has 1 aliphatic heterocycles. The van der Waals surface area contributed by atoms with Crippen molar-refractivity contribution in [3.63, 3.8) is 0 Å². The van der Waals surface area contributed by atoms with Gasteiger partial charge >= 0.3 is 0 Å². The smallest absolute Gasteiger partial charge is 0.272 e. The summed E-state index contributed by atoms with van der Waals surface area (Å²) in [4.78, 5) is 20.7. The van der Waals surface area contributed by atoms with Gasteiger partial charge in [0.25, 0.3) is 5.91 Å². The van der Waals surface area contributed by atoms with E-state index in [4.69, 9.17) is 4.74 Å². The standard InChI is InChI=1S/C19H22FN3O2/c1-22(9-7-15-2-4-16(20)5-3-15)19(24)18-14-17(6-8-21-18)23-10-12-25-13-11-23/h2-6,8,14H,7,9-13H2,1H3. The molecule has 5 nitrogen and oxygen atoms in total. The minimum Gasteiger partial charge on any atom is -0.378 e. The molecule has 132 valence electrons. The van der Waals surface area contributed by atoms with E-state index in [1.807, 2.05) is 12.1 Å². The Kier molecular flexibility index (Phi) is 5.60. The third-order valence-corrected chi connectivity index (χ3v) is 4.33. The number of nitrogens with zero attached hydrogens (tertiary/aromatic N) is 3. The molecular formula is C19H22FN3O2. The molecule has 2 aromatic rings. The summed E-state index contributed by atoms with van der Waals surface area (Å²) < 4.78 is 18.3. The van der Waals surface area contributed by atoms with Gasteiger partial charge in [-0.1, -0.05) is 12.1 Å². The predicted octanol–water partition coefficient (Wildman–Crippen LogP) is 2.37. The van der Waals surface area contributed by atoms with Crippen LogP contribution in [0.1, 0.15) is 16.1 Å². The molecule has 0 atom stereocenters. The average Bonchev–Trinajstić information content (AvgIpc) is 2.67. The second-order valence-electron chi connectivity index (χ2n) is 6.10. The lowest BCUT2D eigenvalue weighted by atomic mass is 10.1. The van der Waals surface area contributed by atoms with Gasteiger partial charge in [-0.2, -0.15) is 0 Å². The lowest BCUT2D eigenvalue weighted by Crippen LogP contribution is -2.36. The summed E-state index contributed by atoms with van der Waals surface area (Å²) in [7, 11) is 1.76. The number of pyridine rings is 1. The van der Waals surface area contributed by atoms with Crippen LogP contribution in [0.15, 0.2) is 42.6 Å². The van der Waals surface area contributed by atoms with Crippen molar-refractivity contribution in [3.8, 4) is 0 Å². The Hall–Kier alpha value is -2.47. The van der Waals surface area contributed by atoms with Gasteiger partial charge in [0.1, 0.15) is 11.5 Å². The number of benzene rings is 1. The number of hydrogen-bond acceptors (Lipinski definition) is 4. The fraction of sp³-hybridized carbons (Fsp3) is 0.368. The van der Waals surface area contributed by atoms with E-state index in [1.165, 1.54) is 12.1 Å². The van der Waals surface area contributed by atoms with Gasteiger partial charge in [-0.25, -0.2) is 4.39 Å². The Labute approximate surface area is 147 Å². The fourth-order valence-electron chi connectivity index (χ4n) is 2.80. The van der Waals surface area contributed by atoms with Crippen molar-refractivity contribution in [1.82, 2.24) is 9.88 Å². The largest absolute Gasteiger partial charge is 0.378 e. The summed E-state index contributed by atoms with van der Waals surface area (Å²) >= 11 is 0. The number of halogens is 1. The van der Waals surface area contributed by atoms with Crippen molar-refractivity contribution in [2.24, 2.45) is 0 Å². The van der Waals surface area contributed by atoms with E-state index in [9.17, 15) is 9.18 Å². The number of ether oxygens (including phenoxy) is 1. The zero-order chi connectivity index (χ0) is 17.6. The monoisotopic (exact) mass is 343 g/mol. The molecule has 0 spiro atoms. The van der Waals surface area contributed by atoms with Crippen molar-refractivity contribution in [3.05, 3.63) is 59.7 Å². The number of amides is 1. The average molecular weight is 343 g/mol. The number of morpholine rings is 1. The number of carbonyl (C=O) groups excluding carboxylic acids is 1. The lowest BCUT2D eigenvalue weighted by molar-refractivity contribution is 0.0791. The fourth-order valence-corrected chi connectivity index (χ4v) is 2.80. The van der Waals surface area contributed by atoms with Crippen LogP contribution < -0.4 is 4.90 Å². The lowest BCUT2D eigenvalue weighted by Gasteiger charge is -2.29. The van der Waals surface area contributed by atoms with Crippen LogP contribution in [0, 0.1) is 5.82 Å². The summed E-state index contributed by atoms with van der Waals surface area (Å²) in [5.41, 5.74) is 2.43. The van der Waals surface area contributed by atoms with Crippen LogP contribution in [0.25, 0.3) is 0 Å². The van der Waals surface area contributed by atoms with Crippen LogP contribution in [0.5, 0.6) is 0 Å². The highest BCUT2D eigenvalue weighted by Crippen LogP contribution is 2.17. The van der Waals surface area contributed by atoms with E-state index in [1.54, 1.807) is 30.3 Å². The van der Waals surface area contributed by atoms with Crippen LogP contribution in [0.4, 0.5) is 10.1 Å². The highest BCUT2D eigenvalue weighted by molar-refractivity contribution is 5.93. The topological polar surface area (TPSA) is 45.7 Å². The molecule has 0 aliphatic carbocycles. The van der Waals surface area contributed by atoms with Crippen LogP contribution in [0.3, 0.4) is 0 Å². The second kappa shape index (κ2) is 8.07. The summed E-state index contributed by atoms with van der Waals surface area (Å²) in [5, 5.41) is 0. The molecule has 1 amide bonds. The van der Waals surface area contributed by atoms with E-state index in [-0.39, 0.29) is 11.7 Å². The van der Waals surface area contributed by atoms with Crippen molar-refractivity contribution < 1.29 is 13.9 Å². The zero-order valence-corrected chi connectivity index (χ0v) is 14.3. The van der Waals surface area contributed by atoms with Gasteiger partial charge < -0.3 is 14.5 Å². The van der Waals surface area contributed by atoms with Gasteiger partial charge in [0.05, 0.1) is 13.2 Å². The summed E-state index contributed by atoms with van der Waals surface area (Å²) in [5.74, 6) is -0.366. The van der Waals surface area contributed by atoms with Gasteiger partial charge in [-0.15, -0.1) is 0 Å². The molecule has 0 unspecified atom stereocenters. The Morgan fingerprint density at radius 1 is 1.24 bits per heavy atom. The minimum atomic E-state index is -0.252. The number of anilines is 1. The van der Waals surface area contributed by atoms with Crippen LogP contribution in [-0.2, 0) is 11.2 Å².